The molecule has 1 aromatic rings. The minimum absolute atomic E-state index is 0. The van der Waals surface area contributed by atoms with Gasteiger partial charge in [0.25, 0.3) is 0 Å². The van der Waals surface area contributed by atoms with E-state index in [4.69, 9.17) is 5.73 Å². The number of hydrogen-bond donors (Lipinski definition) is 1. The van der Waals surface area contributed by atoms with Gasteiger partial charge >= 0.3 is 0 Å². The predicted octanol–water partition coefficient (Wildman–Crippen LogP) is 2.87. The van der Waals surface area contributed by atoms with Crippen LogP contribution < -0.4 is 5.73 Å². The van der Waals surface area contributed by atoms with Gasteiger partial charge < -0.3 is 10.6 Å². The highest BCUT2D eigenvalue weighted by molar-refractivity contribution is 9.11. The van der Waals surface area contributed by atoms with Crippen molar-refractivity contribution in [2.24, 2.45) is 11.7 Å². The maximum absolute atomic E-state index is 11.9. The fourth-order valence-electron chi connectivity index (χ4n) is 1.32. The lowest BCUT2D eigenvalue weighted by Gasteiger charge is -2.23. The normalized spacial score (nSPS) is 12.1. The van der Waals surface area contributed by atoms with Gasteiger partial charge in [0.05, 0.1) is 9.83 Å². The van der Waals surface area contributed by atoms with Crippen LogP contribution in [0.1, 0.15) is 19.4 Å². The average Bonchev–Trinajstić information content (AvgIpc) is 2.61. The van der Waals surface area contributed by atoms with E-state index in [0.29, 0.717) is 6.54 Å². The molecule has 98 valence electrons. The van der Waals surface area contributed by atoms with Gasteiger partial charge in [-0.2, -0.15) is 0 Å². The Bertz CT molecular complexity index is 370. The minimum Gasteiger partial charge on any atom is -0.340 e. The van der Waals surface area contributed by atoms with Crippen molar-refractivity contribution in [2.75, 3.05) is 7.05 Å². The van der Waals surface area contributed by atoms with E-state index in [1.807, 2.05) is 25.3 Å². The molecule has 0 saturated carbocycles. The van der Waals surface area contributed by atoms with E-state index in [1.165, 1.54) is 0 Å². The first kappa shape index (κ1) is 16.9. The second-order valence-electron chi connectivity index (χ2n) is 4.22. The highest BCUT2D eigenvalue weighted by Crippen LogP contribution is 2.21. The van der Waals surface area contributed by atoms with Crippen LogP contribution in [-0.4, -0.2) is 23.9 Å². The first-order valence-corrected chi connectivity index (χ1v) is 6.82. The summed E-state index contributed by atoms with van der Waals surface area (Å²) in [5.74, 6) is 0.168. The van der Waals surface area contributed by atoms with E-state index < -0.39 is 6.04 Å². The molecular formula is C11H18BrClN2OS. The van der Waals surface area contributed by atoms with E-state index >= 15 is 0 Å². The molecule has 1 heterocycles. The van der Waals surface area contributed by atoms with Gasteiger partial charge in [0, 0.05) is 13.6 Å². The number of carbonyl (C=O) groups is 1. The molecule has 3 nitrogen and oxygen atoms in total. The van der Waals surface area contributed by atoms with Gasteiger partial charge in [-0.1, -0.05) is 13.8 Å². The first-order valence-electron chi connectivity index (χ1n) is 5.15. The molecule has 0 aliphatic heterocycles. The van der Waals surface area contributed by atoms with E-state index in [2.05, 4.69) is 15.9 Å². The average molecular weight is 342 g/mol. The van der Waals surface area contributed by atoms with Crippen LogP contribution in [0.2, 0.25) is 0 Å². The lowest BCUT2D eigenvalue weighted by molar-refractivity contribution is -0.132. The van der Waals surface area contributed by atoms with Gasteiger partial charge in [0.15, 0.2) is 0 Å². The van der Waals surface area contributed by atoms with E-state index in [9.17, 15) is 4.79 Å². The molecular weight excluding hydrogens is 324 g/mol. The number of nitrogens with two attached hydrogens (primary N) is 1. The van der Waals surface area contributed by atoms with Gasteiger partial charge in [0.2, 0.25) is 5.91 Å². The SMILES string of the molecule is CC(C)[C@@H](N)C(=O)N(C)Cc1csc(Br)c1.Cl. The molecule has 0 aliphatic rings. The maximum Gasteiger partial charge on any atom is 0.239 e. The third-order valence-electron chi connectivity index (χ3n) is 2.42. The topological polar surface area (TPSA) is 46.3 Å². The third-order valence-corrected chi connectivity index (χ3v) is 3.97. The molecule has 6 heteroatoms. The van der Waals surface area contributed by atoms with Crippen LogP contribution in [0, 0.1) is 5.92 Å². The summed E-state index contributed by atoms with van der Waals surface area (Å²) in [5.41, 5.74) is 6.95. The summed E-state index contributed by atoms with van der Waals surface area (Å²) in [6.07, 6.45) is 0. The highest BCUT2D eigenvalue weighted by Gasteiger charge is 2.21. The molecule has 0 spiro atoms. The van der Waals surface area contributed by atoms with Crippen LogP contribution in [0.15, 0.2) is 15.2 Å². The smallest absolute Gasteiger partial charge is 0.239 e. The van der Waals surface area contributed by atoms with Crippen LogP contribution >= 0.6 is 39.7 Å². The maximum atomic E-state index is 11.9. The molecule has 0 saturated heterocycles. The molecule has 2 N–H and O–H groups in total. The number of likely N-dealkylation sites (N-methyl/N-ethyl adjacent to an activating group) is 1. The fourth-order valence-corrected chi connectivity index (χ4v) is 2.52. The van der Waals surface area contributed by atoms with E-state index in [0.717, 1.165) is 9.35 Å². The van der Waals surface area contributed by atoms with Crippen LogP contribution in [0.4, 0.5) is 0 Å². The summed E-state index contributed by atoms with van der Waals surface area (Å²) >= 11 is 5.02. The Kier molecular flexibility index (Phi) is 7.32. The van der Waals surface area contributed by atoms with Gasteiger partial charge in [-0.25, -0.2) is 0 Å². The molecule has 1 amide bonds. The summed E-state index contributed by atoms with van der Waals surface area (Å²) in [6, 6.07) is 1.61. The first-order chi connectivity index (χ1) is 7.41. The number of hydrogen-bond acceptors (Lipinski definition) is 3. The van der Waals surface area contributed by atoms with Crippen molar-refractivity contribution in [3.8, 4) is 0 Å². The molecule has 0 aliphatic carbocycles. The molecule has 0 fully saturated rings. The summed E-state index contributed by atoms with van der Waals surface area (Å²) in [6.45, 7) is 4.52. The number of halogens is 2. The second kappa shape index (κ2) is 7.36. The number of amides is 1. The Balaban J connectivity index is 0.00000256. The zero-order valence-corrected chi connectivity index (χ0v) is 13.4. The van der Waals surface area contributed by atoms with E-state index in [1.54, 1.807) is 23.3 Å². The number of nitrogens with zero attached hydrogens (tertiary/aromatic N) is 1. The number of rotatable bonds is 4. The van der Waals surface area contributed by atoms with Gasteiger partial charge in [-0.3, -0.25) is 4.79 Å². The van der Waals surface area contributed by atoms with Crippen LogP contribution in [0.5, 0.6) is 0 Å². The van der Waals surface area contributed by atoms with Crippen LogP contribution in [-0.2, 0) is 11.3 Å². The van der Waals surface area contributed by atoms with Crippen molar-refractivity contribution >= 4 is 45.6 Å². The zero-order chi connectivity index (χ0) is 12.3. The molecule has 1 atom stereocenters. The Morgan fingerprint density at radius 1 is 1.59 bits per heavy atom. The molecule has 0 unspecified atom stereocenters. The van der Waals surface area contributed by atoms with Gasteiger partial charge in [-0.15, -0.1) is 23.7 Å². The second-order valence-corrected chi connectivity index (χ2v) is 6.51. The Morgan fingerprint density at radius 2 is 2.18 bits per heavy atom. The monoisotopic (exact) mass is 340 g/mol. The summed E-state index contributed by atoms with van der Waals surface area (Å²) < 4.78 is 1.08. The predicted molar refractivity (Wildman–Crippen MR) is 78.6 cm³/mol. The summed E-state index contributed by atoms with van der Waals surface area (Å²) in [4.78, 5) is 13.6. The van der Waals surface area contributed by atoms with Crippen molar-refractivity contribution in [3.63, 3.8) is 0 Å². The van der Waals surface area contributed by atoms with Crippen LogP contribution in [0.3, 0.4) is 0 Å². The minimum atomic E-state index is -0.410. The van der Waals surface area contributed by atoms with Crippen molar-refractivity contribution in [2.45, 2.75) is 26.4 Å². The van der Waals surface area contributed by atoms with Crippen molar-refractivity contribution in [3.05, 3.63) is 20.8 Å². The molecule has 0 bridgehead atoms. The molecule has 0 aromatic carbocycles. The molecule has 1 aromatic heterocycles. The Hall–Kier alpha value is -0.100. The number of carbonyl (C=O) groups excluding carboxylic acids is 1. The summed E-state index contributed by atoms with van der Waals surface area (Å²) in [5, 5.41) is 2.04. The highest BCUT2D eigenvalue weighted by atomic mass is 79.9. The Labute approximate surface area is 121 Å². The third kappa shape index (κ3) is 4.95. The van der Waals surface area contributed by atoms with Gasteiger partial charge in [-0.05, 0) is 38.9 Å². The summed E-state index contributed by atoms with van der Waals surface area (Å²) in [7, 11) is 1.79. The van der Waals surface area contributed by atoms with Crippen molar-refractivity contribution < 1.29 is 4.79 Å². The largest absolute Gasteiger partial charge is 0.340 e. The molecule has 1 rings (SSSR count). The zero-order valence-electron chi connectivity index (χ0n) is 10.1. The quantitative estimate of drug-likeness (QED) is 0.915. The number of thiophene rings is 1. The van der Waals surface area contributed by atoms with Crippen molar-refractivity contribution in [1.82, 2.24) is 4.90 Å². The molecule has 17 heavy (non-hydrogen) atoms. The van der Waals surface area contributed by atoms with Crippen LogP contribution in [0.25, 0.3) is 0 Å². The fraction of sp³-hybridized carbons (Fsp3) is 0.545. The lowest BCUT2D eigenvalue weighted by Crippen LogP contribution is -2.44. The lowest BCUT2D eigenvalue weighted by atomic mass is 10.0. The van der Waals surface area contributed by atoms with Crippen molar-refractivity contribution in [1.29, 1.82) is 0 Å². The molecule has 0 radical (unpaired) electrons. The van der Waals surface area contributed by atoms with E-state index in [-0.39, 0.29) is 24.2 Å². The standard InChI is InChI=1S/C11H17BrN2OS.ClH/c1-7(2)10(13)11(15)14(3)5-8-4-9(12)16-6-8;/h4,6-7,10H,5,13H2,1-3H3;1H/t10-;/m1./s1. The Morgan fingerprint density at radius 3 is 2.59 bits per heavy atom. The van der Waals surface area contributed by atoms with Gasteiger partial charge in [0.1, 0.15) is 0 Å².